The van der Waals surface area contributed by atoms with Gasteiger partial charge in [0.1, 0.15) is 39.5 Å². The van der Waals surface area contributed by atoms with Crippen LogP contribution in [0.4, 0.5) is 15.9 Å². The molecule has 0 saturated carbocycles. The van der Waals surface area contributed by atoms with Crippen LogP contribution in [0.15, 0.2) is 24.5 Å². The fourth-order valence-corrected chi connectivity index (χ4v) is 4.85. The van der Waals surface area contributed by atoms with E-state index in [1.54, 1.807) is 17.9 Å². The van der Waals surface area contributed by atoms with Gasteiger partial charge < -0.3 is 19.7 Å². The minimum Gasteiger partial charge on any atom is -0.486 e. The Bertz CT molecular complexity index is 1180. The molecule has 3 heterocycles. The summed E-state index contributed by atoms with van der Waals surface area (Å²) >= 11 is 1.22. The van der Waals surface area contributed by atoms with Gasteiger partial charge >= 0.3 is 5.97 Å². The number of ether oxygens (including phenoxy) is 2. The van der Waals surface area contributed by atoms with E-state index in [4.69, 9.17) is 9.47 Å². The molecular weight excluding hydrogens is 435 g/mol. The zero-order valence-corrected chi connectivity index (χ0v) is 18.8. The molecule has 1 aliphatic heterocycles. The van der Waals surface area contributed by atoms with Crippen LogP contribution in [0.5, 0.6) is 5.75 Å². The molecule has 32 heavy (non-hydrogen) atoms. The molecule has 0 radical (unpaired) electrons. The number of aryl methyl sites for hydroxylation is 1. The van der Waals surface area contributed by atoms with Gasteiger partial charge in [0.15, 0.2) is 0 Å². The molecule has 1 fully saturated rings. The number of carbonyl (C=O) groups is 2. The zero-order valence-electron chi connectivity index (χ0n) is 18.0. The maximum absolute atomic E-state index is 14.0. The molecule has 1 atom stereocenters. The Kier molecular flexibility index (Phi) is 6.22. The summed E-state index contributed by atoms with van der Waals surface area (Å²) < 4.78 is 25.0. The summed E-state index contributed by atoms with van der Waals surface area (Å²) in [6.45, 7) is 4.49. The first-order chi connectivity index (χ1) is 15.4. The second-order valence-electron chi connectivity index (χ2n) is 7.56. The number of fused-ring (bicyclic) bond motifs is 1. The Balaban J connectivity index is 1.66. The Morgan fingerprint density at radius 3 is 2.88 bits per heavy atom. The van der Waals surface area contributed by atoms with E-state index in [1.807, 2.05) is 0 Å². The number of hydrogen-bond acceptors (Lipinski definition) is 8. The van der Waals surface area contributed by atoms with Crippen molar-refractivity contribution in [1.82, 2.24) is 14.9 Å². The second-order valence-corrected chi connectivity index (χ2v) is 8.56. The molecule has 1 saturated heterocycles. The van der Waals surface area contributed by atoms with Crippen molar-refractivity contribution in [2.75, 3.05) is 25.5 Å². The lowest BCUT2D eigenvalue weighted by atomic mass is 10.1. The van der Waals surface area contributed by atoms with E-state index in [9.17, 15) is 14.0 Å². The Morgan fingerprint density at radius 2 is 2.12 bits per heavy atom. The molecule has 8 nitrogen and oxygen atoms in total. The van der Waals surface area contributed by atoms with Gasteiger partial charge in [0.2, 0.25) is 5.91 Å². The molecule has 0 aliphatic carbocycles. The van der Waals surface area contributed by atoms with E-state index in [-0.39, 0.29) is 12.0 Å². The minimum absolute atomic E-state index is 0.00592. The summed E-state index contributed by atoms with van der Waals surface area (Å²) in [6, 6.07) is 4.22. The zero-order chi connectivity index (χ0) is 22.8. The van der Waals surface area contributed by atoms with Crippen LogP contribution in [0.25, 0.3) is 10.2 Å². The van der Waals surface area contributed by atoms with Gasteiger partial charge in [0.25, 0.3) is 0 Å². The summed E-state index contributed by atoms with van der Waals surface area (Å²) in [6.07, 6.45) is 2.75. The largest absolute Gasteiger partial charge is 0.486 e. The van der Waals surface area contributed by atoms with Crippen molar-refractivity contribution in [2.45, 2.75) is 32.8 Å². The van der Waals surface area contributed by atoms with Crippen LogP contribution in [-0.4, -0.2) is 53.0 Å². The molecule has 168 valence electrons. The fourth-order valence-electron chi connectivity index (χ4n) is 3.78. The lowest BCUT2D eigenvalue weighted by Gasteiger charge is -2.32. The highest BCUT2D eigenvalue weighted by molar-refractivity contribution is 7.20. The summed E-state index contributed by atoms with van der Waals surface area (Å²) in [5, 5.41) is 3.90. The van der Waals surface area contributed by atoms with Gasteiger partial charge in [-0.2, -0.15) is 0 Å². The van der Waals surface area contributed by atoms with Gasteiger partial charge in [-0.3, -0.25) is 4.79 Å². The van der Waals surface area contributed by atoms with Gasteiger partial charge in [-0.15, -0.1) is 11.3 Å². The number of benzene rings is 1. The van der Waals surface area contributed by atoms with E-state index in [0.717, 1.165) is 12.8 Å². The van der Waals surface area contributed by atoms with Crippen LogP contribution >= 0.6 is 11.3 Å². The quantitative estimate of drug-likeness (QED) is 0.576. The van der Waals surface area contributed by atoms with Gasteiger partial charge in [0.05, 0.1) is 24.7 Å². The average Bonchev–Trinajstić information content (AvgIpc) is 3.12. The highest BCUT2D eigenvalue weighted by atomic mass is 32.1. The molecule has 3 aromatic rings. The normalized spacial score (nSPS) is 16.1. The number of nitrogens with zero attached hydrogens (tertiary/aromatic N) is 3. The number of aromatic nitrogens is 2. The molecule has 2 aromatic heterocycles. The minimum atomic E-state index is -0.436. The molecule has 1 N–H and O–H groups in total. The molecule has 1 amide bonds. The van der Waals surface area contributed by atoms with Gasteiger partial charge in [0, 0.05) is 19.5 Å². The standard InChI is InChI=1S/C22H23FN4O4S/c1-12-18-20(24-11-25-21(18)32-19(12)22(29)30-3)26-16-7-6-14(23)9-17(16)31-15-5-4-8-27(10-15)13(2)28/h6-7,9,11,15H,4-5,8,10H2,1-3H3,(H,24,25,26). The van der Waals surface area contributed by atoms with Gasteiger partial charge in [-0.05, 0) is 37.5 Å². The number of hydrogen-bond donors (Lipinski definition) is 1. The molecule has 0 spiro atoms. The van der Waals surface area contributed by atoms with E-state index in [2.05, 4.69) is 15.3 Å². The van der Waals surface area contributed by atoms with Crippen LogP contribution in [0.3, 0.4) is 0 Å². The monoisotopic (exact) mass is 458 g/mol. The van der Waals surface area contributed by atoms with Crippen LogP contribution in [-0.2, 0) is 9.53 Å². The van der Waals surface area contributed by atoms with Crippen molar-refractivity contribution in [1.29, 1.82) is 0 Å². The number of esters is 1. The molecule has 0 bridgehead atoms. The van der Waals surface area contributed by atoms with Crippen molar-refractivity contribution in [2.24, 2.45) is 0 Å². The van der Waals surface area contributed by atoms with E-state index in [0.29, 0.717) is 51.0 Å². The van der Waals surface area contributed by atoms with Gasteiger partial charge in [-0.25, -0.2) is 19.2 Å². The lowest BCUT2D eigenvalue weighted by Crippen LogP contribution is -2.43. The van der Waals surface area contributed by atoms with E-state index >= 15 is 0 Å². The summed E-state index contributed by atoms with van der Waals surface area (Å²) in [5.41, 5.74) is 1.23. The molecule has 10 heteroatoms. The number of halogens is 1. The van der Waals surface area contributed by atoms with Crippen molar-refractivity contribution < 1.29 is 23.5 Å². The van der Waals surface area contributed by atoms with E-state index in [1.165, 1.54) is 43.8 Å². The predicted octanol–water partition coefficient (Wildman–Crippen LogP) is 4.06. The number of thiophene rings is 1. The highest BCUT2D eigenvalue weighted by Gasteiger charge is 2.25. The highest BCUT2D eigenvalue weighted by Crippen LogP contribution is 2.37. The molecule has 1 aromatic carbocycles. The van der Waals surface area contributed by atoms with Crippen LogP contribution in [0.2, 0.25) is 0 Å². The summed E-state index contributed by atoms with van der Waals surface area (Å²) in [7, 11) is 1.33. The van der Waals surface area contributed by atoms with E-state index < -0.39 is 11.8 Å². The first kappa shape index (κ1) is 21.9. The van der Waals surface area contributed by atoms with Crippen LogP contribution < -0.4 is 10.1 Å². The van der Waals surface area contributed by atoms with Crippen molar-refractivity contribution in [3.05, 3.63) is 40.8 Å². The number of anilines is 2. The maximum Gasteiger partial charge on any atom is 0.348 e. The van der Waals surface area contributed by atoms with Crippen molar-refractivity contribution in [3.8, 4) is 5.75 Å². The third-order valence-electron chi connectivity index (χ3n) is 5.41. The van der Waals surface area contributed by atoms with Crippen molar-refractivity contribution in [3.63, 3.8) is 0 Å². The number of rotatable bonds is 5. The first-order valence-electron chi connectivity index (χ1n) is 10.2. The lowest BCUT2D eigenvalue weighted by molar-refractivity contribution is -0.131. The number of methoxy groups -OCH3 is 1. The maximum atomic E-state index is 14.0. The third-order valence-corrected chi connectivity index (χ3v) is 6.59. The first-order valence-corrected chi connectivity index (χ1v) is 11.0. The summed E-state index contributed by atoms with van der Waals surface area (Å²) in [5.74, 6) is -0.0712. The average molecular weight is 459 g/mol. The number of piperidine rings is 1. The molecule has 1 unspecified atom stereocenters. The molecular formula is C22H23FN4O4S. The second kappa shape index (κ2) is 9.07. The third kappa shape index (κ3) is 4.36. The Morgan fingerprint density at radius 1 is 1.31 bits per heavy atom. The van der Waals surface area contributed by atoms with Gasteiger partial charge in [-0.1, -0.05) is 0 Å². The predicted molar refractivity (Wildman–Crippen MR) is 119 cm³/mol. The molecule has 1 aliphatic rings. The fraction of sp³-hybridized carbons (Fsp3) is 0.364. The number of likely N-dealkylation sites (tertiary alicyclic amines) is 1. The van der Waals surface area contributed by atoms with Crippen LogP contribution in [0, 0.1) is 12.7 Å². The Labute approximate surface area is 188 Å². The SMILES string of the molecule is COC(=O)c1sc2ncnc(Nc3ccc(F)cc3OC3CCCN(C(C)=O)C3)c2c1C. The van der Waals surface area contributed by atoms with Crippen molar-refractivity contribution >= 4 is 44.9 Å². The summed E-state index contributed by atoms with van der Waals surface area (Å²) in [4.78, 5) is 35.3. The topological polar surface area (TPSA) is 93.7 Å². The number of nitrogens with one attached hydrogen (secondary N) is 1. The Hall–Kier alpha value is -3.27. The number of carbonyl (C=O) groups excluding carboxylic acids is 2. The number of amides is 1. The molecule has 4 rings (SSSR count). The van der Waals surface area contributed by atoms with Crippen LogP contribution in [0.1, 0.15) is 35.0 Å². The smallest absolute Gasteiger partial charge is 0.348 e.